The zero-order chi connectivity index (χ0) is 12.3. The number of hydrogen-bond acceptors (Lipinski definition) is 3. The third-order valence-electron chi connectivity index (χ3n) is 2.62. The molecule has 0 spiro atoms. The number of hydrogen-bond donors (Lipinski definition) is 1. The van der Waals surface area contributed by atoms with Gasteiger partial charge in [0.25, 0.3) is 0 Å². The van der Waals surface area contributed by atoms with Crippen LogP contribution in [0.15, 0.2) is 42.6 Å². The molecular formula is C14H14N2O. The molecule has 3 nitrogen and oxygen atoms in total. The van der Waals surface area contributed by atoms with Gasteiger partial charge in [-0.2, -0.15) is 0 Å². The standard InChI is InChI=1S/C14H14N2O/c1-10(17)11-4-3-5-12(8-11)14-7-6-13(15-2)9-16-14/h3-9,15H,1-2H3. The number of aromatic nitrogens is 1. The van der Waals surface area contributed by atoms with E-state index < -0.39 is 0 Å². The van der Waals surface area contributed by atoms with Crippen LogP contribution >= 0.6 is 0 Å². The molecule has 0 unspecified atom stereocenters. The van der Waals surface area contributed by atoms with E-state index in [1.165, 1.54) is 0 Å². The van der Waals surface area contributed by atoms with E-state index in [0.717, 1.165) is 16.9 Å². The predicted molar refractivity (Wildman–Crippen MR) is 69.2 cm³/mol. The minimum absolute atomic E-state index is 0.0682. The van der Waals surface area contributed by atoms with Gasteiger partial charge >= 0.3 is 0 Å². The van der Waals surface area contributed by atoms with Crippen molar-refractivity contribution >= 4 is 11.5 Å². The Morgan fingerprint density at radius 3 is 2.65 bits per heavy atom. The smallest absolute Gasteiger partial charge is 0.159 e. The average Bonchev–Trinajstić information content (AvgIpc) is 2.39. The van der Waals surface area contributed by atoms with E-state index >= 15 is 0 Å². The van der Waals surface area contributed by atoms with Crippen molar-refractivity contribution in [3.63, 3.8) is 0 Å². The van der Waals surface area contributed by atoms with E-state index in [0.29, 0.717) is 5.56 Å². The van der Waals surface area contributed by atoms with Crippen molar-refractivity contribution in [2.75, 3.05) is 12.4 Å². The van der Waals surface area contributed by atoms with Crippen molar-refractivity contribution in [2.45, 2.75) is 6.92 Å². The molecule has 0 aliphatic rings. The third-order valence-corrected chi connectivity index (χ3v) is 2.62. The summed E-state index contributed by atoms with van der Waals surface area (Å²) < 4.78 is 0. The summed E-state index contributed by atoms with van der Waals surface area (Å²) in [5.74, 6) is 0.0682. The van der Waals surface area contributed by atoms with Crippen molar-refractivity contribution in [3.05, 3.63) is 48.2 Å². The Balaban J connectivity index is 2.38. The highest BCUT2D eigenvalue weighted by Gasteiger charge is 2.03. The molecule has 17 heavy (non-hydrogen) atoms. The average molecular weight is 226 g/mol. The third kappa shape index (κ3) is 2.50. The van der Waals surface area contributed by atoms with Crippen molar-refractivity contribution < 1.29 is 4.79 Å². The second-order valence-corrected chi connectivity index (χ2v) is 3.82. The molecule has 1 aromatic heterocycles. The summed E-state index contributed by atoms with van der Waals surface area (Å²) in [5.41, 5.74) is 3.51. The number of anilines is 1. The first kappa shape index (κ1) is 11.3. The summed E-state index contributed by atoms with van der Waals surface area (Å²) >= 11 is 0. The Labute approximate surface area is 101 Å². The van der Waals surface area contributed by atoms with Gasteiger partial charge in [-0.25, -0.2) is 0 Å². The van der Waals surface area contributed by atoms with Crippen LogP contribution in [0.3, 0.4) is 0 Å². The van der Waals surface area contributed by atoms with Gasteiger partial charge in [0.2, 0.25) is 0 Å². The van der Waals surface area contributed by atoms with Crippen LogP contribution in [0.1, 0.15) is 17.3 Å². The molecule has 0 bridgehead atoms. The molecule has 0 saturated carbocycles. The molecular weight excluding hydrogens is 212 g/mol. The number of carbonyl (C=O) groups excluding carboxylic acids is 1. The van der Waals surface area contributed by atoms with Crippen LogP contribution in [0.25, 0.3) is 11.3 Å². The van der Waals surface area contributed by atoms with Crippen LogP contribution in [0.4, 0.5) is 5.69 Å². The number of nitrogens with one attached hydrogen (secondary N) is 1. The van der Waals surface area contributed by atoms with E-state index in [-0.39, 0.29) is 5.78 Å². The van der Waals surface area contributed by atoms with Gasteiger partial charge in [-0.3, -0.25) is 9.78 Å². The van der Waals surface area contributed by atoms with Gasteiger partial charge < -0.3 is 5.32 Å². The van der Waals surface area contributed by atoms with E-state index in [1.807, 2.05) is 43.4 Å². The highest BCUT2D eigenvalue weighted by molar-refractivity contribution is 5.95. The Morgan fingerprint density at radius 1 is 1.24 bits per heavy atom. The Hall–Kier alpha value is -2.16. The fourth-order valence-corrected chi connectivity index (χ4v) is 1.61. The van der Waals surface area contributed by atoms with Crippen molar-refractivity contribution in [1.29, 1.82) is 0 Å². The van der Waals surface area contributed by atoms with Crippen LogP contribution < -0.4 is 5.32 Å². The van der Waals surface area contributed by atoms with Gasteiger partial charge in [-0.1, -0.05) is 18.2 Å². The lowest BCUT2D eigenvalue weighted by Gasteiger charge is -2.04. The summed E-state index contributed by atoms with van der Waals surface area (Å²) in [6, 6.07) is 11.4. The van der Waals surface area contributed by atoms with E-state index in [4.69, 9.17) is 0 Å². The van der Waals surface area contributed by atoms with Gasteiger partial charge in [0.05, 0.1) is 17.6 Å². The Kier molecular flexibility index (Phi) is 3.19. The Morgan fingerprint density at radius 2 is 2.06 bits per heavy atom. The van der Waals surface area contributed by atoms with Crippen LogP contribution in [0.2, 0.25) is 0 Å². The fraction of sp³-hybridized carbons (Fsp3) is 0.143. The second kappa shape index (κ2) is 4.78. The number of ketones is 1. The number of Topliss-reactive ketones (excluding diaryl/α,β-unsaturated/α-hetero) is 1. The summed E-state index contributed by atoms with van der Waals surface area (Å²) in [7, 11) is 1.85. The van der Waals surface area contributed by atoms with Crippen LogP contribution in [0.5, 0.6) is 0 Å². The van der Waals surface area contributed by atoms with E-state index in [9.17, 15) is 4.79 Å². The van der Waals surface area contributed by atoms with Gasteiger partial charge in [0.15, 0.2) is 5.78 Å². The highest BCUT2D eigenvalue weighted by Crippen LogP contribution is 2.19. The molecule has 86 valence electrons. The lowest BCUT2D eigenvalue weighted by Crippen LogP contribution is -1.93. The van der Waals surface area contributed by atoms with Gasteiger partial charge in [-0.15, -0.1) is 0 Å². The van der Waals surface area contributed by atoms with Gasteiger partial charge in [-0.05, 0) is 25.1 Å². The molecule has 0 amide bonds. The first-order valence-electron chi connectivity index (χ1n) is 5.46. The minimum atomic E-state index is 0.0682. The molecule has 0 aliphatic carbocycles. The lowest BCUT2D eigenvalue weighted by molar-refractivity contribution is 0.101. The monoisotopic (exact) mass is 226 g/mol. The number of carbonyl (C=O) groups is 1. The molecule has 3 heteroatoms. The molecule has 2 rings (SSSR count). The summed E-state index contributed by atoms with van der Waals surface area (Å²) in [6.45, 7) is 1.57. The molecule has 0 aliphatic heterocycles. The zero-order valence-electron chi connectivity index (χ0n) is 9.90. The molecule has 1 N–H and O–H groups in total. The summed E-state index contributed by atoms with van der Waals surface area (Å²) in [5, 5.41) is 3.02. The molecule has 0 saturated heterocycles. The quantitative estimate of drug-likeness (QED) is 0.818. The van der Waals surface area contributed by atoms with Gasteiger partial charge in [0, 0.05) is 18.2 Å². The number of pyridine rings is 1. The molecule has 1 aromatic carbocycles. The number of benzene rings is 1. The SMILES string of the molecule is CNc1ccc(-c2cccc(C(C)=O)c2)nc1. The summed E-state index contributed by atoms with van der Waals surface area (Å²) in [6.07, 6.45) is 1.77. The first-order chi connectivity index (χ1) is 8.20. The van der Waals surface area contributed by atoms with Crippen LogP contribution in [-0.4, -0.2) is 17.8 Å². The van der Waals surface area contributed by atoms with Crippen LogP contribution in [0, 0.1) is 0 Å². The first-order valence-corrected chi connectivity index (χ1v) is 5.46. The maximum Gasteiger partial charge on any atom is 0.159 e. The molecule has 0 atom stereocenters. The van der Waals surface area contributed by atoms with E-state index in [1.54, 1.807) is 13.1 Å². The largest absolute Gasteiger partial charge is 0.387 e. The topological polar surface area (TPSA) is 42.0 Å². The predicted octanol–water partition coefficient (Wildman–Crippen LogP) is 2.99. The number of nitrogens with zero attached hydrogens (tertiary/aromatic N) is 1. The van der Waals surface area contributed by atoms with Gasteiger partial charge in [0.1, 0.15) is 0 Å². The molecule has 1 heterocycles. The minimum Gasteiger partial charge on any atom is -0.387 e. The lowest BCUT2D eigenvalue weighted by atomic mass is 10.1. The van der Waals surface area contributed by atoms with Crippen molar-refractivity contribution in [3.8, 4) is 11.3 Å². The van der Waals surface area contributed by atoms with Crippen molar-refractivity contribution in [1.82, 2.24) is 4.98 Å². The maximum absolute atomic E-state index is 11.3. The zero-order valence-corrected chi connectivity index (χ0v) is 9.90. The maximum atomic E-state index is 11.3. The van der Waals surface area contributed by atoms with Crippen LogP contribution in [-0.2, 0) is 0 Å². The highest BCUT2D eigenvalue weighted by atomic mass is 16.1. The summed E-state index contributed by atoms with van der Waals surface area (Å²) in [4.78, 5) is 15.6. The molecule has 0 radical (unpaired) electrons. The Bertz CT molecular complexity index is 532. The number of rotatable bonds is 3. The van der Waals surface area contributed by atoms with E-state index in [2.05, 4.69) is 10.3 Å². The van der Waals surface area contributed by atoms with Crippen molar-refractivity contribution in [2.24, 2.45) is 0 Å². The molecule has 0 fully saturated rings. The normalized spacial score (nSPS) is 10.0. The molecule has 2 aromatic rings. The second-order valence-electron chi connectivity index (χ2n) is 3.82. The fourth-order valence-electron chi connectivity index (χ4n) is 1.61.